The van der Waals surface area contributed by atoms with Gasteiger partial charge in [-0.2, -0.15) is 13.2 Å². The van der Waals surface area contributed by atoms with Crippen LogP contribution in [0.1, 0.15) is 35.3 Å². The lowest BCUT2D eigenvalue weighted by Gasteiger charge is -2.12. The molecule has 1 heterocycles. The summed E-state index contributed by atoms with van der Waals surface area (Å²) in [6.07, 6.45) is -5.17. The molecule has 0 aliphatic carbocycles. The molecule has 4 aromatic rings. The SMILES string of the molecule is CC(O)c1cccc(NS(=O)(=O)c2ccc(Cc3ccc4[nH]c(=O)cc(C(F)(F)F)c4c3)cc2)c1. The van der Waals surface area contributed by atoms with E-state index in [1.165, 1.54) is 24.3 Å². The van der Waals surface area contributed by atoms with Gasteiger partial charge in [-0.25, -0.2) is 8.42 Å². The summed E-state index contributed by atoms with van der Waals surface area (Å²) >= 11 is 0. The van der Waals surface area contributed by atoms with Gasteiger partial charge in [0.25, 0.3) is 10.0 Å². The van der Waals surface area contributed by atoms with E-state index in [4.69, 9.17) is 0 Å². The van der Waals surface area contributed by atoms with Crippen LogP contribution in [0, 0.1) is 0 Å². The minimum atomic E-state index is -4.68. The molecule has 0 amide bonds. The number of aliphatic hydroxyl groups excluding tert-OH is 1. The number of hydrogen-bond donors (Lipinski definition) is 3. The van der Waals surface area contributed by atoms with Crippen molar-refractivity contribution in [2.24, 2.45) is 0 Å². The summed E-state index contributed by atoms with van der Waals surface area (Å²) < 4.78 is 68.2. The zero-order valence-corrected chi connectivity index (χ0v) is 19.2. The normalized spacial score (nSPS) is 13.1. The molecule has 3 N–H and O–H groups in total. The Morgan fingerprint density at radius 1 is 0.971 bits per heavy atom. The van der Waals surface area contributed by atoms with Crippen molar-refractivity contribution in [2.75, 3.05) is 4.72 Å². The highest BCUT2D eigenvalue weighted by Gasteiger charge is 2.33. The van der Waals surface area contributed by atoms with Crippen molar-refractivity contribution in [1.29, 1.82) is 0 Å². The molecule has 3 aromatic carbocycles. The third-order valence-corrected chi connectivity index (χ3v) is 6.87. The second-order valence-corrected chi connectivity index (χ2v) is 9.84. The van der Waals surface area contributed by atoms with Gasteiger partial charge < -0.3 is 10.1 Å². The van der Waals surface area contributed by atoms with Crippen LogP contribution in [0.4, 0.5) is 18.9 Å². The zero-order valence-electron chi connectivity index (χ0n) is 18.4. The molecule has 10 heteroatoms. The smallest absolute Gasteiger partial charge is 0.389 e. The predicted octanol–water partition coefficient (Wildman–Crippen LogP) is 4.99. The molecule has 0 bridgehead atoms. The second-order valence-electron chi connectivity index (χ2n) is 8.15. The quantitative estimate of drug-likeness (QED) is 0.346. The number of benzene rings is 3. The molecule has 0 fully saturated rings. The van der Waals surface area contributed by atoms with Gasteiger partial charge in [0.1, 0.15) is 0 Å². The maximum Gasteiger partial charge on any atom is 0.417 e. The summed E-state index contributed by atoms with van der Waals surface area (Å²) in [4.78, 5) is 14.0. The van der Waals surface area contributed by atoms with Crippen LogP contribution in [0.2, 0.25) is 0 Å². The summed E-state index contributed by atoms with van der Waals surface area (Å²) in [6, 6.07) is 17.4. The van der Waals surface area contributed by atoms with Crippen LogP contribution in [-0.4, -0.2) is 18.5 Å². The minimum Gasteiger partial charge on any atom is -0.389 e. The molecule has 0 saturated heterocycles. The number of aliphatic hydroxyl groups is 1. The summed E-state index contributed by atoms with van der Waals surface area (Å²) in [5, 5.41) is 9.58. The van der Waals surface area contributed by atoms with Crippen LogP contribution >= 0.6 is 0 Å². The van der Waals surface area contributed by atoms with Gasteiger partial charge in [0.05, 0.1) is 16.6 Å². The number of H-pyrrole nitrogens is 1. The summed E-state index contributed by atoms with van der Waals surface area (Å²) in [7, 11) is -3.89. The van der Waals surface area contributed by atoms with E-state index < -0.39 is 33.4 Å². The van der Waals surface area contributed by atoms with E-state index in [9.17, 15) is 31.5 Å². The van der Waals surface area contributed by atoms with Crippen molar-refractivity contribution in [1.82, 2.24) is 4.98 Å². The molecule has 0 spiro atoms. The van der Waals surface area contributed by atoms with Crippen LogP contribution in [0.15, 0.2) is 82.5 Å². The van der Waals surface area contributed by atoms with Crippen molar-refractivity contribution >= 4 is 26.6 Å². The summed E-state index contributed by atoms with van der Waals surface area (Å²) in [5.74, 6) is 0. The lowest BCUT2D eigenvalue weighted by Crippen LogP contribution is -2.14. The second kappa shape index (κ2) is 9.20. The first kappa shape index (κ1) is 24.5. The van der Waals surface area contributed by atoms with E-state index in [0.717, 1.165) is 0 Å². The third-order valence-electron chi connectivity index (χ3n) is 5.48. The van der Waals surface area contributed by atoms with Crippen molar-refractivity contribution in [2.45, 2.75) is 30.5 Å². The molecule has 0 aliphatic heterocycles. The van der Waals surface area contributed by atoms with Crippen molar-refractivity contribution in [3.63, 3.8) is 0 Å². The fourth-order valence-electron chi connectivity index (χ4n) is 3.74. The van der Waals surface area contributed by atoms with Crippen LogP contribution in [0.25, 0.3) is 10.9 Å². The lowest BCUT2D eigenvalue weighted by molar-refractivity contribution is -0.136. The maximum atomic E-state index is 13.4. The van der Waals surface area contributed by atoms with Gasteiger partial charge >= 0.3 is 6.18 Å². The number of fused-ring (bicyclic) bond motifs is 1. The molecular weight excluding hydrogens is 481 g/mol. The standard InChI is InChI=1S/C25H21F3N2O4S/c1-15(31)18-3-2-4-19(13-18)30-35(33,34)20-8-5-16(6-9-20)11-17-7-10-23-21(12-17)22(25(26,27)28)14-24(32)29-23/h2-10,12-15,30-31H,11H2,1H3,(H,29,32). The first-order valence-corrected chi connectivity index (χ1v) is 12.0. The van der Waals surface area contributed by atoms with Crippen LogP contribution in [0.3, 0.4) is 0 Å². The number of nitrogens with one attached hydrogen (secondary N) is 2. The van der Waals surface area contributed by atoms with E-state index in [2.05, 4.69) is 9.71 Å². The molecule has 6 nitrogen and oxygen atoms in total. The topological polar surface area (TPSA) is 99.3 Å². The molecule has 182 valence electrons. The highest BCUT2D eigenvalue weighted by molar-refractivity contribution is 7.92. The van der Waals surface area contributed by atoms with Crippen molar-refractivity contribution < 1.29 is 26.7 Å². The van der Waals surface area contributed by atoms with Crippen molar-refractivity contribution in [3.05, 3.63) is 105 Å². The fraction of sp³-hybridized carbons (Fsp3) is 0.160. The summed E-state index contributed by atoms with van der Waals surface area (Å²) in [6.45, 7) is 1.57. The van der Waals surface area contributed by atoms with Gasteiger partial charge in [-0.3, -0.25) is 9.52 Å². The van der Waals surface area contributed by atoms with Gasteiger partial charge in [-0.05, 0) is 66.4 Å². The Kier molecular flexibility index (Phi) is 6.44. The third kappa shape index (κ3) is 5.55. The fourth-order valence-corrected chi connectivity index (χ4v) is 4.79. The van der Waals surface area contributed by atoms with Crippen LogP contribution in [0.5, 0.6) is 0 Å². The molecule has 0 radical (unpaired) electrons. The molecule has 0 saturated carbocycles. The monoisotopic (exact) mass is 502 g/mol. The Hall–Kier alpha value is -3.63. The van der Waals surface area contributed by atoms with E-state index in [-0.39, 0.29) is 22.2 Å². The molecule has 1 aromatic heterocycles. The number of rotatable bonds is 6. The Morgan fingerprint density at radius 3 is 2.31 bits per heavy atom. The highest BCUT2D eigenvalue weighted by atomic mass is 32.2. The highest BCUT2D eigenvalue weighted by Crippen LogP contribution is 2.34. The minimum absolute atomic E-state index is 0.0131. The van der Waals surface area contributed by atoms with Gasteiger partial charge in [0.15, 0.2) is 0 Å². The average Bonchev–Trinajstić information content (AvgIpc) is 2.78. The predicted molar refractivity (Wildman–Crippen MR) is 127 cm³/mol. The number of aromatic amines is 1. The Balaban J connectivity index is 1.57. The van der Waals surface area contributed by atoms with Gasteiger partial charge in [0.2, 0.25) is 5.56 Å². The number of hydrogen-bond acceptors (Lipinski definition) is 4. The number of sulfonamides is 1. The average molecular weight is 503 g/mol. The zero-order chi connectivity index (χ0) is 25.4. The van der Waals surface area contributed by atoms with Crippen LogP contribution in [-0.2, 0) is 22.6 Å². The summed E-state index contributed by atoms with van der Waals surface area (Å²) in [5.41, 5.74) is 0.374. The van der Waals surface area contributed by atoms with Crippen LogP contribution < -0.4 is 10.3 Å². The number of anilines is 1. The van der Waals surface area contributed by atoms with E-state index >= 15 is 0 Å². The number of pyridine rings is 1. The van der Waals surface area contributed by atoms with Gasteiger partial charge in [-0.15, -0.1) is 0 Å². The van der Waals surface area contributed by atoms with E-state index in [0.29, 0.717) is 28.4 Å². The Bertz CT molecular complexity index is 1540. The number of aromatic nitrogens is 1. The van der Waals surface area contributed by atoms with Crippen molar-refractivity contribution in [3.8, 4) is 0 Å². The van der Waals surface area contributed by atoms with E-state index in [1.807, 2.05) is 0 Å². The molecule has 1 atom stereocenters. The van der Waals surface area contributed by atoms with Gasteiger partial charge in [0, 0.05) is 22.7 Å². The molecule has 4 rings (SSSR count). The van der Waals surface area contributed by atoms with Gasteiger partial charge in [-0.1, -0.05) is 30.3 Å². The first-order chi connectivity index (χ1) is 16.4. The first-order valence-electron chi connectivity index (χ1n) is 10.6. The molecular formula is C25H21F3N2O4S. The Morgan fingerprint density at radius 2 is 1.66 bits per heavy atom. The number of alkyl halides is 3. The molecule has 0 aliphatic rings. The molecule has 1 unspecified atom stereocenters. The largest absolute Gasteiger partial charge is 0.417 e. The number of halogens is 3. The maximum absolute atomic E-state index is 13.4. The Labute approximate surface area is 199 Å². The molecule has 35 heavy (non-hydrogen) atoms. The lowest BCUT2D eigenvalue weighted by atomic mass is 10.0. The van der Waals surface area contributed by atoms with E-state index in [1.54, 1.807) is 49.4 Å².